The van der Waals surface area contributed by atoms with Crippen molar-refractivity contribution in [2.45, 2.75) is 32.9 Å². The fourth-order valence-corrected chi connectivity index (χ4v) is 2.48. The molecule has 0 aliphatic carbocycles. The van der Waals surface area contributed by atoms with Crippen molar-refractivity contribution in [2.75, 3.05) is 10.6 Å². The highest BCUT2D eigenvalue weighted by molar-refractivity contribution is 6.08. The molecule has 0 bridgehead atoms. The Morgan fingerprint density at radius 2 is 1.58 bits per heavy atom. The molecule has 0 fully saturated rings. The molecule has 0 aliphatic heterocycles. The van der Waals surface area contributed by atoms with Gasteiger partial charge in [0.2, 0.25) is 11.8 Å². The maximum absolute atomic E-state index is 12.5. The number of anilines is 2. The van der Waals surface area contributed by atoms with Gasteiger partial charge in [-0.05, 0) is 48.7 Å². The Balaban J connectivity index is 1.97. The number of hydrogen-bond acceptors (Lipinski definition) is 2. The summed E-state index contributed by atoms with van der Waals surface area (Å²) in [5.74, 6) is -1.09. The van der Waals surface area contributed by atoms with Gasteiger partial charge in [0.05, 0.1) is 5.56 Å². The Hall–Kier alpha value is -2.83. The van der Waals surface area contributed by atoms with Gasteiger partial charge in [0.15, 0.2) is 0 Å². The normalized spacial score (nSPS) is 11.1. The first-order valence-corrected chi connectivity index (χ1v) is 8.06. The van der Waals surface area contributed by atoms with Crippen molar-refractivity contribution in [1.82, 2.24) is 0 Å². The van der Waals surface area contributed by atoms with Crippen LogP contribution < -0.4 is 10.6 Å². The van der Waals surface area contributed by atoms with E-state index in [0.717, 1.165) is 41.8 Å². The molecule has 2 N–H and O–H groups in total. The van der Waals surface area contributed by atoms with E-state index in [1.807, 2.05) is 32.0 Å². The van der Waals surface area contributed by atoms with Gasteiger partial charge in [-0.1, -0.05) is 25.1 Å². The molecule has 0 saturated heterocycles. The predicted molar refractivity (Wildman–Crippen MR) is 93.9 cm³/mol. The van der Waals surface area contributed by atoms with Crippen LogP contribution in [0.2, 0.25) is 0 Å². The Kier molecular flexibility index (Phi) is 6.02. The number of halogens is 3. The van der Waals surface area contributed by atoms with Crippen molar-refractivity contribution >= 4 is 23.2 Å². The van der Waals surface area contributed by atoms with Gasteiger partial charge in [0, 0.05) is 11.4 Å². The van der Waals surface area contributed by atoms with E-state index in [4.69, 9.17) is 0 Å². The third-order valence-electron chi connectivity index (χ3n) is 3.82. The smallest absolute Gasteiger partial charge is 0.326 e. The van der Waals surface area contributed by atoms with Crippen molar-refractivity contribution in [3.63, 3.8) is 0 Å². The van der Waals surface area contributed by atoms with E-state index in [1.165, 1.54) is 0 Å². The maximum Gasteiger partial charge on any atom is 0.416 e. The molecule has 2 amide bonds. The fourth-order valence-electron chi connectivity index (χ4n) is 2.48. The summed E-state index contributed by atoms with van der Waals surface area (Å²) in [7, 11) is 0. The van der Waals surface area contributed by atoms with Crippen LogP contribution in [0.5, 0.6) is 0 Å². The van der Waals surface area contributed by atoms with E-state index < -0.39 is 30.0 Å². The molecule has 2 aromatic rings. The zero-order chi connectivity index (χ0) is 19.3. The summed E-state index contributed by atoms with van der Waals surface area (Å²) in [4.78, 5) is 24.0. The van der Waals surface area contributed by atoms with E-state index in [1.54, 1.807) is 0 Å². The summed E-state index contributed by atoms with van der Waals surface area (Å²) in [6.45, 7) is 3.82. The Morgan fingerprint density at radius 1 is 0.962 bits per heavy atom. The number of carbonyl (C=O) groups excluding carboxylic acids is 2. The van der Waals surface area contributed by atoms with Crippen LogP contribution in [-0.4, -0.2) is 11.8 Å². The lowest BCUT2D eigenvalue weighted by Gasteiger charge is -2.13. The predicted octanol–water partition coefficient (Wildman–Crippen LogP) is 4.54. The third kappa shape index (κ3) is 5.08. The average Bonchev–Trinajstić information content (AvgIpc) is 2.56. The van der Waals surface area contributed by atoms with Gasteiger partial charge in [-0.25, -0.2) is 0 Å². The van der Waals surface area contributed by atoms with Crippen molar-refractivity contribution in [2.24, 2.45) is 0 Å². The molecule has 0 heterocycles. The van der Waals surface area contributed by atoms with Gasteiger partial charge in [-0.15, -0.1) is 0 Å². The van der Waals surface area contributed by atoms with Crippen LogP contribution in [0.25, 0.3) is 0 Å². The summed E-state index contributed by atoms with van der Waals surface area (Å²) < 4.78 is 37.5. The highest BCUT2D eigenvalue weighted by Gasteiger charge is 2.30. The van der Waals surface area contributed by atoms with E-state index in [-0.39, 0.29) is 5.69 Å². The summed E-state index contributed by atoms with van der Waals surface area (Å²) in [5, 5.41) is 5.14. The second kappa shape index (κ2) is 8.03. The third-order valence-corrected chi connectivity index (χ3v) is 3.82. The van der Waals surface area contributed by atoms with Crippen LogP contribution in [0.4, 0.5) is 24.5 Å². The SMILES string of the molecule is CCc1cccc(C)c1NC(=O)CC(=O)Nc1ccc(C(F)(F)F)cc1. The number of alkyl halides is 3. The molecule has 0 saturated carbocycles. The minimum absolute atomic E-state index is 0.195. The van der Waals surface area contributed by atoms with Crippen molar-refractivity contribution in [3.8, 4) is 0 Å². The topological polar surface area (TPSA) is 58.2 Å². The first-order valence-electron chi connectivity index (χ1n) is 8.06. The molecular weight excluding hydrogens is 345 g/mol. The van der Waals surface area contributed by atoms with Crippen LogP contribution in [0.1, 0.15) is 30.0 Å². The number of rotatable bonds is 5. The quantitative estimate of drug-likeness (QED) is 0.765. The first kappa shape index (κ1) is 19.5. The molecule has 0 atom stereocenters. The molecule has 7 heteroatoms. The summed E-state index contributed by atoms with van der Waals surface area (Å²) in [5.41, 5.74) is 1.92. The van der Waals surface area contributed by atoms with E-state index in [2.05, 4.69) is 10.6 Å². The largest absolute Gasteiger partial charge is 0.416 e. The van der Waals surface area contributed by atoms with Crippen LogP contribution >= 0.6 is 0 Å². The van der Waals surface area contributed by atoms with Gasteiger partial charge in [-0.3, -0.25) is 9.59 Å². The zero-order valence-electron chi connectivity index (χ0n) is 14.4. The number of para-hydroxylation sites is 1. The molecule has 2 aromatic carbocycles. The Labute approximate surface area is 149 Å². The highest BCUT2D eigenvalue weighted by atomic mass is 19.4. The monoisotopic (exact) mass is 364 g/mol. The first-order chi connectivity index (χ1) is 12.2. The Morgan fingerprint density at radius 3 is 2.15 bits per heavy atom. The Bertz CT molecular complexity index is 799. The molecule has 0 spiro atoms. The summed E-state index contributed by atoms with van der Waals surface area (Å²) in [6, 6.07) is 9.68. The summed E-state index contributed by atoms with van der Waals surface area (Å²) >= 11 is 0. The van der Waals surface area contributed by atoms with E-state index >= 15 is 0 Å². The lowest BCUT2D eigenvalue weighted by molar-refractivity contribution is -0.137. The highest BCUT2D eigenvalue weighted by Crippen LogP contribution is 2.29. The van der Waals surface area contributed by atoms with Gasteiger partial charge in [0.1, 0.15) is 6.42 Å². The second-order valence-electron chi connectivity index (χ2n) is 5.81. The molecule has 2 rings (SSSR count). The van der Waals surface area contributed by atoms with Gasteiger partial charge in [-0.2, -0.15) is 13.2 Å². The molecular formula is C19H19F3N2O2. The molecule has 0 radical (unpaired) electrons. The van der Waals surface area contributed by atoms with Crippen molar-refractivity contribution < 1.29 is 22.8 Å². The van der Waals surface area contributed by atoms with Crippen LogP contribution in [0.3, 0.4) is 0 Å². The molecule has 138 valence electrons. The minimum atomic E-state index is -4.44. The van der Waals surface area contributed by atoms with Crippen molar-refractivity contribution in [1.29, 1.82) is 0 Å². The maximum atomic E-state index is 12.5. The number of carbonyl (C=O) groups is 2. The number of benzene rings is 2. The minimum Gasteiger partial charge on any atom is -0.326 e. The molecule has 4 nitrogen and oxygen atoms in total. The van der Waals surface area contributed by atoms with Crippen LogP contribution in [0, 0.1) is 6.92 Å². The van der Waals surface area contributed by atoms with Crippen molar-refractivity contribution in [3.05, 3.63) is 59.2 Å². The molecule has 0 aromatic heterocycles. The van der Waals surface area contributed by atoms with E-state index in [9.17, 15) is 22.8 Å². The van der Waals surface area contributed by atoms with Crippen LogP contribution in [0.15, 0.2) is 42.5 Å². The van der Waals surface area contributed by atoms with Gasteiger partial charge < -0.3 is 10.6 Å². The lowest BCUT2D eigenvalue weighted by atomic mass is 10.1. The number of amides is 2. The lowest BCUT2D eigenvalue weighted by Crippen LogP contribution is -2.22. The fraction of sp³-hybridized carbons (Fsp3) is 0.263. The number of hydrogen-bond donors (Lipinski definition) is 2. The standard InChI is InChI=1S/C19H19F3N2O2/c1-3-13-6-4-5-12(2)18(13)24-17(26)11-16(25)23-15-9-7-14(8-10-15)19(20,21)22/h4-10H,3,11H2,1-2H3,(H,23,25)(H,24,26). The average molecular weight is 364 g/mol. The van der Waals surface area contributed by atoms with Gasteiger partial charge >= 0.3 is 6.18 Å². The van der Waals surface area contributed by atoms with Crippen LogP contribution in [-0.2, 0) is 22.2 Å². The van der Waals surface area contributed by atoms with E-state index in [0.29, 0.717) is 5.69 Å². The number of aryl methyl sites for hydroxylation is 2. The second-order valence-corrected chi connectivity index (χ2v) is 5.81. The molecule has 26 heavy (non-hydrogen) atoms. The zero-order valence-corrected chi connectivity index (χ0v) is 14.4. The number of nitrogens with one attached hydrogen (secondary N) is 2. The molecule has 0 unspecified atom stereocenters. The molecule has 0 aliphatic rings. The van der Waals surface area contributed by atoms with Gasteiger partial charge in [0.25, 0.3) is 0 Å². The summed E-state index contributed by atoms with van der Waals surface area (Å²) in [6.07, 6.45) is -4.14.